The van der Waals surface area contributed by atoms with Crippen LogP contribution in [0.4, 0.5) is 0 Å². The fourth-order valence-electron chi connectivity index (χ4n) is 2.04. The number of hydrogen-bond donors (Lipinski definition) is 1. The molecule has 1 aliphatic heterocycles. The second kappa shape index (κ2) is 7.71. The lowest BCUT2D eigenvalue weighted by molar-refractivity contribution is -0.137. The van der Waals surface area contributed by atoms with Crippen molar-refractivity contribution in [2.75, 3.05) is 45.9 Å². The molecule has 1 amide bonds. The normalized spacial score (nSPS) is 20.8. The fourth-order valence-corrected chi connectivity index (χ4v) is 2.04. The average Bonchev–Trinajstić information content (AvgIpc) is 2.38. The molecule has 5 nitrogen and oxygen atoms in total. The van der Waals surface area contributed by atoms with E-state index in [1.54, 1.807) is 0 Å². The number of rotatable bonds is 6. The molecule has 2 atom stereocenters. The summed E-state index contributed by atoms with van der Waals surface area (Å²) < 4.78 is 5.34. The molecule has 0 aliphatic carbocycles. The third-order valence-electron chi connectivity index (χ3n) is 3.62. The zero-order valence-corrected chi connectivity index (χ0v) is 11.9. The summed E-state index contributed by atoms with van der Waals surface area (Å²) in [5.41, 5.74) is 5.78. The molecule has 1 fully saturated rings. The molecule has 0 radical (unpaired) electrons. The predicted octanol–water partition coefficient (Wildman–Crippen LogP) is 0.150. The molecule has 2 unspecified atom stereocenters. The first kappa shape index (κ1) is 15.4. The van der Waals surface area contributed by atoms with E-state index in [4.69, 9.17) is 10.5 Å². The quantitative estimate of drug-likeness (QED) is 0.688. The molecule has 2 N–H and O–H groups in total. The van der Waals surface area contributed by atoms with Crippen LogP contribution in [-0.4, -0.2) is 67.7 Å². The van der Waals surface area contributed by atoms with Crippen LogP contribution in [0.5, 0.6) is 0 Å². The van der Waals surface area contributed by atoms with Gasteiger partial charge in [-0.15, -0.1) is 0 Å². The molecule has 1 rings (SSSR count). The number of hydrogen-bond acceptors (Lipinski definition) is 4. The van der Waals surface area contributed by atoms with Gasteiger partial charge in [-0.2, -0.15) is 0 Å². The standard InChI is InChI=1S/C13H27N3O2/c1-4-18-10-9-15-5-7-16(8-6-15)13(17)11(2)12(3)14/h11-12H,4-10,14H2,1-3H3. The smallest absolute Gasteiger partial charge is 0.227 e. The summed E-state index contributed by atoms with van der Waals surface area (Å²) in [7, 11) is 0. The highest BCUT2D eigenvalue weighted by atomic mass is 16.5. The predicted molar refractivity (Wildman–Crippen MR) is 72.3 cm³/mol. The van der Waals surface area contributed by atoms with Crippen molar-refractivity contribution < 1.29 is 9.53 Å². The van der Waals surface area contributed by atoms with Gasteiger partial charge >= 0.3 is 0 Å². The maximum Gasteiger partial charge on any atom is 0.227 e. The van der Waals surface area contributed by atoms with Crippen LogP contribution in [0.2, 0.25) is 0 Å². The zero-order valence-electron chi connectivity index (χ0n) is 11.9. The lowest BCUT2D eigenvalue weighted by Gasteiger charge is -2.36. The second-order valence-electron chi connectivity index (χ2n) is 5.01. The highest BCUT2D eigenvalue weighted by Gasteiger charge is 2.26. The Morgan fingerprint density at radius 1 is 1.28 bits per heavy atom. The Labute approximate surface area is 110 Å². The van der Waals surface area contributed by atoms with Crippen molar-refractivity contribution in [3.8, 4) is 0 Å². The second-order valence-corrected chi connectivity index (χ2v) is 5.01. The number of carbonyl (C=O) groups excluding carboxylic acids is 1. The van der Waals surface area contributed by atoms with Gasteiger partial charge in [0.1, 0.15) is 0 Å². The molecule has 0 aromatic heterocycles. The summed E-state index contributed by atoms with van der Waals surface area (Å²) >= 11 is 0. The van der Waals surface area contributed by atoms with Gasteiger partial charge in [-0.3, -0.25) is 9.69 Å². The van der Waals surface area contributed by atoms with Gasteiger partial charge in [0, 0.05) is 45.4 Å². The van der Waals surface area contributed by atoms with Gasteiger partial charge < -0.3 is 15.4 Å². The van der Waals surface area contributed by atoms with Crippen molar-refractivity contribution in [1.82, 2.24) is 9.80 Å². The lowest BCUT2D eigenvalue weighted by atomic mass is 10.0. The van der Waals surface area contributed by atoms with Gasteiger partial charge in [-0.25, -0.2) is 0 Å². The van der Waals surface area contributed by atoms with Crippen molar-refractivity contribution in [1.29, 1.82) is 0 Å². The van der Waals surface area contributed by atoms with Gasteiger partial charge in [0.05, 0.1) is 12.5 Å². The van der Waals surface area contributed by atoms with E-state index in [2.05, 4.69) is 4.90 Å². The molecule has 0 bridgehead atoms. The Kier molecular flexibility index (Phi) is 6.60. The molecule has 0 aromatic carbocycles. The van der Waals surface area contributed by atoms with E-state index in [1.165, 1.54) is 0 Å². The summed E-state index contributed by atoms with van der Waals surface area (Å²) in [5, 5.41) is 0. The molecule has 0 saturated carbocycles. The molecular formula is C13H27N3O2. The Morgan fingerprint density at radius 3 is 2.39 bits per heavy atom. The number of ether oxygens (including phenoxy) is 1. The first-order chi connectivity index (χ1) is 8.56. The summed E-state index contributed by atoms with van der Waals surface area (Å²) in [5.74, 6) is 0.106. The highest BCUT2D eigenvalue weighted by Crippen LogP contribution is 2.09. The number of piperazine rings is 1. The van der Waals surface area contributed by atoms with E-state index in [1.807, 2.05) is 25.7 Å². The van der Waals surface area contributed by atoms with E-state index in [0.29, 0.717) is 0 Å². The monoisotopic (exact) mass is 257 g/mol. The van der Waals surface area contributed by atoms with Crippen molar-refractivity contribution in [3.05, 3.63) is 0 Å². The summed E-state index contributed by atoms with van der Waals surface area (Å²) in [6, 6.07) is -0.0755. The molecular weight excluding hydrogens is 230 g/mol. The van der Waals surface area contributed by atoms with Crippen LogP contribution >= 0.6 is 0 Å². The van der Waals surface area contributed by atoms with Gasteiger partial charge in [0.15, 0.2) is 0 Å². The third kappa shape index (κ3) is 4.55. The van der Waals surface area contributed by atoms with Gasteiger partial charge in [0.25, 0.3) is 0 Å². The molecule has 0 spiro atoms. The van der Waals surface area contributed by atoms with Crippen molar-refractivity contribution in [3.63, 3.8) is 0 Å². The Bertz CT molecular complexity index is 251. The van der Waals surface area contributed by atoms with Crippen LogP contribution in [-0.2, 0) is 9.53 Å². The van der Waals surface area contributed by atoms with Crippen molar-refractivity contribution >= 4 is 5.91 Å². The van der Waals surface area contributed by atoms with Crippen LogP contribution in [0.15, 0.2) is 0 Å². The summed E-state index contributed by atoms with van der Waals surface area (Å²) in [6.45, 7) is 11.8. The maximum atomic E-state index is 12.1. The first-order valence-corrected chi connectivity index (χ1v) is 6.90. The Hall–Kier alpha value is -0.650. The van der Waals surface area contributed by atoms with E-state index >= 15 is 0 Å². The average molecular weight is 257 g/mol. The van der Waals surface area contributed by atoms with Crippen LogP contribution in [0.25, 0.3) is 0 Å². The highest BCUT2D eigenvalue weighted by molar-refractivity contribution is 5.79. The zero-order chi connectivity index (χ0) is 13.5. The minimum Gasteiger partial charge on any atom is -0.380 e. The lowest BCUT2D eigenvalue weighted by Crippen LogP contribution is -2.52. The Morgan fingerprint density at radius 2 is 1.89 bits per heavy atom. The van der Waals surface area contributed by atoms with Crippen molar-refractivity contribution in [2.24, 2.45) is 11.7 Å². The first-order valence-electron chi connectivity index (χ1n) is 6.90. The Balaban J connectivity index is 2.28. The van der Waals surface area contributed by atoms with Crippen LogP contribution < -0.4 is 5.73 Å². The van der Waals surface area contributed by atoms with Crippen LogP contribution in [0.1, 0.15) is 20.8 Å². The molecule has 1 saturated heterocycles. The molecule has 106 valence electrons. The number of carbonyl (C=O) groups is 1. The SMILES string of the molecule is CCOCCN1CCN(C(=O)C(C)C(C)N)CC1. The molecule has 5 heteroatoms. The number of nitrogens with zero attached hydrogens (tertiary/aromatic N) is 2. The minimum atomic E-state index is -0.0834. The van der Waals surface area contributed by atoms with E-state index < -0.39 is 0 Å². The van der Waals surface area contributed by atoms with E-state index in [-0.39, 0.29) is 17.9 Å². The van der Waals surface area contributed by atoms with Crippen LogP contribution in [0, 0.1) is 5.92 Å². The topological polar surface area (TPSA) is 58.8 Å². The van der Waals surface area contributed by atoms with Crippen molar-refractivity contribution in [2.45, 2.75) is 26.8 Å². The number of amides is 1. The minimum absolute atomic E-state index is 0.0755. The molecule has 0 aromatic rings. The fraction of sp³-hybridized carbons (Fsp3) is 0.923. The maximum absolute atomic E-state index is 12.1. The van der Waals surface area contributed by atoms with E-state index in [9.17, 15) is 4.79 Å². The summed E-state index contributed by atoms with van der Waals surface area (Å²) in [4.78, 5) is 16.4. The summed E-state index contributed by atoms with van der Waals surface area (Å²) in [6.07, 6.45) is 0. The third-order valence-corrected chi connectivity index (χ3v) is 3.62. The van der Waals surface area contributed by atoms with Gasteiger partial charge in [-0.1, -0.05) is 6.92 Å². The molecule has 18 heavy (non-hydrogen) atoms. The molecule has 1 heterocycles. The molecule has 1 aliphatic rings. The van der Waals surface area contributed by atoms with Gasteiger partial charge in [0.2, 0.25) is 5.91 Å². The van der Waals surface area contributed by atoms with E-state index in [0.717, 1.165) is 45.9 Å². The largest absolute Gasteiger partial charge is 0.380 e. The number of nitrogens with two attached hydrogens (primary N) is 1. The van der Waals surface area contributed by atoms with Crippen LogP contribution in [0.3, 0.4) is 0 Å². The van der Waals surface area contributed by atoms with Gasteiger partial charge in [-0.05, 0) is 13.8 Å².